The Hall–Kier alpha value is -2.35. The molecule has 0 saturated heterocycles. The van der Waals surface area contributed by atoms with Gasteiger partial charge in [0.25, 0.3) is 0 Å². The van der Waals surface area contributed by atoms with Crippen LogP contribution in [0.15, 0.2) is 48.7 Å². The lowest BCUT2D eigenvalue weighted by molar-refractivity contribution is 0.112. The number of hydrogen-bond acceptors (Lipinski definition) is 1. The summed E-state index contributed by atoms with van der Waals surface area (Å²) >= 11 is 0. The van der Waals surface area contributed by atoms with Crippen molar-refractivity contribution in [3.05, 3.63) is 59.8 Å². The summed E-state index contributed by atoms with van der Waals surface area (Å²) in [5.41, 5.74) is 5.35. The van der Waals surface area contributed by atoms with Gasteiger partial charge in [-0.2, -0.15) is 0 Å². The zero-order chi connectivity index (χ0) is 14.1. The van der Waals surface area contributed by atoms with Crippen LogP contribution in [0.5, 0.6) is 0 Å². The van der Waals surface area contributed by atoms with Crippen LogP contribution in [-0.4, -0.2) is 11.3 Å². The van der Waals surface area contributed by atoms with Gasteiger partial charge in [0.2, 0.25) is 0 Å². The first kappa shape index (κ1) is 12.7. The Bertz CT molecular complexity index is 751. The summed E-state index contributed by atoms with van der Waals surface area (Å²) in [5, 5.41) is 0.977. The smallest absolute Gasteiger partial charge is 0.152 e. The highest BCUT2D eigenvalue weighted by Gasteiger charge is 2.06. The van der Waals surface area contributed by atoms with Crippen LogP contribution < -0.4 is 0 Å². The Morgan fingerprint density at radius 3 is 2.35 bits per heavy atom. The topological polar surface area (TPSA) is 32.9 Å². The van der Waals surface area contributed by atoms with Gasteiger partial charge in [-0.25, -0.2) is 0 Å². The van der Waals surface area contributed by atoms with Crippen molar-refractivity contribution in [1.29, 1.82) is 0 Å². The van der Waals surface area contributed by atoms with E-state index in [1.807, 2.05) is 6.07 Å². The molecule has 100 valence electrons. The zero-order valence-electron chi connectivity index (χ0n) is 11.7. The molecule has 1 aromatic heterocycles. The average molecular weight is 263 g/mol. The molecule has 0 atom stereocenters. The fraction of sp³-hybridized carbons (Fsp3) is 0.167. The molecule has 0 amide bonds. The molecule has 0 aliphatic carbocycles. The second-order valence-corrected chi connectivity index (χ2v) is 5.40. The number of H-pyrrole nitrogens is 1. The van der Waals surface area contributed by atoms with E-state index in [4.69, 9.17) is 0 Å². The van der Waals surface area contributed by atoms with Crippen molar-refractivity contribution in [2.45, 2.75) is 19.8 Å². The molecule has 0 fully saturated rings. The van der Waals surface area contributed by atoms with Crippen molar-refractivity contribution in [3.63, 3.8) is 0 Å². The average Bonchev–Trinajstić information content (AvgIpc) is 2.89. The molecule has 0 saturated carbocycles. The lowest BCUT2D eigenvalue weighted by atomic mass is 9.98. The van der Waals surface area contributed by atoms with Crippen LogP contribution in [0, 0.1) is 0 Å². The van der Waals surface area contributed by atoms with Crippen molar-refractivity contribution in [2.75, 3.05) is 0 Å². The lowest BCUT2D eigenvalue weighted by Crippen LogP contribution is -1.86. The zero-order valence-corrected chi connectivity index (χ0v) is 11.7. The Balaban J connectivity index is 2.07. The van der Waals surface area contributed by atoms with Gasteiger partial charge in [0.15, 0.2) is 6.29 Å². The van der Waals surface area contributed by atoms with Crippen LogP contribution in [0.1, 0.15) is 35.7 Å². The molecular weight excluding hydrogens is 246 g/mol. The van der Waals surface area contributed by atoms with Crippen LogP contribution >= 0.6 is 0 Å². The van der Waals surface area contributed by atoms with E-state index in [1.165, 1.54) is 11.1 Å². The highest BCUT2D eigenvalue weighted by Crippen LogP contribution is 2.27. The number of nitrogens with one attached hydrogen (secondary N) is 1. The van der Waals surface area contributed by atoms with Crippen molar-refractivity contribution < 1.29 is 4.79 Å². The summed E-state index contributed by atoms with van der Waals surface area (Å²) in [5.74, 6) is 0.540. The third kappa shape index (κ3) is 2.14. The molecule has 1 N–H and O–H groups in total. The third-order valence-corrected chi connectivity index (χ3v) is 3.75. The normalized spacial score (nSPS) is 11.2. The van der Waals surface area contributed by atoms with Crippen LogP contribution in [0.3, 0.4) is 0 Å². The maximum Gasteiger partial charge on any atom is 0.152 e. The molecule has 3 rings (SSSR count). The van der Waals surface area contributed by atoms with Crippen molar-refractivity contribution in [2.24, 2.45) is 0 Å². The van der Waals surface area contributed by atoms with Gasteiger partial charge in [-0.1, -0.05) is 44.2 Å². The van der Waals surface area contributed by atoms with E-state index in [0.717, 1.165) is 22.8 Å². The summed E-state index contributed by atoms with van der Waals surface area (Å²) in [7, 11) is 0. The number of aromatic amines is 1. The van der Waals surface area contributed by atoms with Crippen LogP contribution in [-0.2, 0) is 0 Å². The molecule has 3 aromatic rings. The van der Waals surface area contributed by atoms with E-state index >= 15 is 0 Å². The van der Waals surface area contributed by atoms with Crippen molar-refractivity contribution >= 4 is 17.2 Å². The number of aldehydes is 1. The molecular formula is C18H17NO. The van der Waals surface area contributed by atoms with Crippen LogP contribution in [0.2, 0.25) is 0 Å². The van der Waals surface area contributed by atoms with E-state index in [1.54, 1.807) is 6.20 Å². The first-order valence-electron chi connectivity index (χ1n) is 6.85. The highest BCUT2D eigenvalue weighted by atomic mass is 16.1. The fourth-order valence-electron chi connectivity index (χ4n) is 2.48. The van der Waals surface area contributed by atoms with Crippen molar-refractivity contribution in [3.8, 4) is 11.1 Å². The maximum atomic E-state index is 11.0. The Labute approximate surface area is 118 Å². The number of fused-ring (bicyclic) bond motifs is 1. The molecule has 0 radical (unpaired) electrons. The minimum Gasteiger partial charge on any atom is -0.360 e. The van der Waals surface area contributed by atoms with Gasteiger partial charge in [0.05, 0.1) is 0 Å². The van der Waals surface area contributed by atoms with Gasteiger partial charge in [0, 0.05) is 22.7 Å². The third-order valence-electron chi connectivity index (χ3n) is 3.75. The Kier molecular flexibility index (Phi) is 3.15. The minimum absolute atomic E-state index is 0.540. The largest absolute Gasteiger partial charge is 0.360 e. The molecule has 2 nitrogen and oxygen atoms in total. The fourth-order valence-corrected chi connectivity index (χ4v) is 2.48. The molecule has 2 heteroatoms. The molecule has 0 bridgehead atoms. The van der Waals surface area contributed by atoms with Gasteiger partial charge < -0.3 is 4.98 Å². The number of aromatic nitrogens is 1. The summed E-state index contributed by atoms with van der Waals surface area (Å²) in [6.07, 6.45) is 2.65. The van der Waals surface area contributed by atoms with E-state index in [2.05, 4.69) is 55.2 Å². The molecule has 20 heavy (non-hydrogen) atoms. The molecule has 2 aromatic carbocycles. The predicted octanol–water partition coefficient (Wildman–Crippen LogP) is 4.77. The number of hydrogen-bond donors (Lipinski definition) is 1. The van der Waals surface area contributed by atoms with E-state index in [0.29, 0.717) is 11.5 Å². The van der Waals surface area contributed by atoms with E-state index in [9.17, 15) is 4.79 Å². The summed E-state index contributed by atoms with van der Waals surface area (Å²) in [4.78, 5) is 14.1. The number of rotatable bonds is 3. The van der Waals surface area contributed by atoms with Gasteiger partial charge in [0.1, 0.15) is 0 Å². The van der Waals surface area contributed by atoms with Crippen LogP contribution in [0.25, 0.3) is 22.0 Å². The molecule has 0 aliphatic rings. The second-order valence-electron chi connectivity index (χ2n) is 5.40. The Morgan fingerprint density at radius 1 is 1.00 bits per heavy atom. The molecule has 0 spiro atoms. The number of carbonyl (C=O) groups excluding carboxylic acids is 1. The summed E-state index contributed by atoms with van der Waals surface area (Å²) in [6, 6.07) is 14.8. The lowest BCUT2D eigenvalue weighted by Gasteiger charge is -2.07. The van der Waals surface area contributed by atoms with Crippen LogP contribution in [0.4, 0.5) is 0 Å². The monoisotopic (exact) mass is 263 g/mol. The van der Waals surface area contributed by atoms with Gasteiger partial charge in [-0.05, 0) is 34.7 Å². The van der Waals surface area contributed by atoms with E-state index in [-0.39, 0.29) is 0 Å². The second kappa shape index (κ2) is 4.97. The predicted molar refractivity (Wildman–Crippen MR) is 83.2 cm³/mol. The highest BCUT2D eigenvalue weighted by molar-refractivity contribution is 5.99. The standard InChI is InChI=1S/C18H17NO/c1-12(2)13-3-5-14(6-4-13)15-7-8-18-17(9-15)16(11-20)10-19-18/h3-12,19H,1-2H3. The first-order valence-corrected chi connectivity index (χ1v) is 6.85. The minimum atomic E-state index is 0.540. The van der Waals surface area contributed by atoms with Crippen molar-refractivity contribution in [1.82, 2.24) is 4.98 Å². The maximum absolute atomic E-state index is 11.0. The molecule has 1 heterocycles. The summed E-state index contributed by atoms with van der Waals surface area (Å²) in [6.45, 7) is 4.38. The Morgan fingerprint density at radius 2 is 1.70 bits per heavy atom. The van der Waals surface area contributed by atoms with E-state index < -0.39 is 0 Å². The first-order chi connectivity index (χ1) is 9.69. The summed E-state index contributed by atoms with van der Waals surface area (Å²) < 4.78 is 0. The molecule has 0 unspecified atom stereocenters. The van der Waals surface area contributed by atoms with Gasteiger partial charge >= 0.3 is 0 Å². The van der Waals surface area contributed by atoms with Gasteiger partial charge in [-0.15, -0.1) is 0 Å². The number of carbonyl (C=O) groups is 1. The van der Waals surface area contributed by atoms with Gasteiger partial charge in [-0.3, -0.25) is 4.79 Å². The molecule has 0 aliphatic heterocycles. The number of benzene rings is 2. The quantitative estimate of drug-likeness (QED) is 0.678. The SMILES string of the molecule is CC(C)c1ccc(-c2ccc3[nH]cc(C=O)c3c2)cc1.